The number of nitrogens with two attached hydrogens (primary N) is 1. The van der Waals surface area contributed by atoms with Crippen molar-refractivity contribution in [2.24, 2.45) is 0 Å². The highest BCUT2D eigenvalue weighted by Crippen LogP contribution is 2.29. The zero-order valence-electron chi connectivity index (χ0n) is 9.87. The summed E-state index contributed by atoms with van der Waals surface area (Å²) in [6, 6.07) is 7.03. The Labute approximate surface area is 126 Å². The van der Waals surface area contributed by atoms with Gasteiger partial charge in [-0.25, -0.2) is 13.8 Å². The van der Waals surface area contributed by atoms with Crippen LogP contribution in [0.1, 0.15) is 0 Å². The van der Waals surface area contributed by atoms with Gasteiger partial charge in [0.25, 0.3) is 0 Å². The summed E-state index contributed by atoms with van der Waals surface area (Å²) in [5.41, 5.74) is 6.74. The average molecular weight is 359 g/mol. The number of benzene rings is 2. The van der Waals surface area contributed by atoms with Crippen molar-refractivity contribution in [1.29, 1.82) is 0 Å². The van der Waals surface area contributed by atoms with Crippen LogP contribution in [0, 0.1) is 11.6 Å². The van der Waals surface area contributed by atoms with E-state index < -0.39 is 11.6 Å². The van der Waals surface area contributed by atoms with Crippen LogP contribution in [0.4, 0.5) is 14.7 Å². The summed E-state index contributed by atoms with van der Waals surface area (Å²) in [6.07, 6.45) is 0. The van der Waals surface area contributed by atoms with E-state index in [0.717, 1.165) is 0 Å². The van der Waals surface area contributed by atoms with Crippen LogP contribution in [0.2, 0.25) is 5.02 Å². The minimum Gasteiger partial charge on any atom is -0.369 e. The molecule has 0 unspecified atom stereocenters. The van der Waals surface area contributed by atoms with Gasteiger partial charge in [0.1, 0.15) is 11.6 Å². The Bertz CT molecular complexity index is 832. The van der Waals surface area contributed by atoms with Crippen molar-refractivity contribution < 1.29 is 8.78 Å². The fraction of sp³-hybridized carbons (Fsp3) is 0. The van der Waals surface area contributed by atoms with E-state index in [1.807, 2.05) is 0 Å². The molecule has 0 saturated carbocycles. The number of nitrogens with zero attached hydrogens (tertiary/aromatic N) is 2. The number of halogens is 4. The number of hydrogen-bond acceptors (Lipinski definition) is 2. The molecule has 2 N–H and O–H groups in total. The van der Waals surface area contributed by atoms with Crippen LogP contribution in [-0.2, 0) is 0 Å². The predicted octanol–water partition coefficient (Wildman–Crippen LogP) is 4.30. The van der Waals surface area contributed by atoms with Crippen molar-refractivity contribution in [2.75, 3.05) is 5.73 Å². The van der Waals surface area contributed by atoms with Gasteiger partial charge in [0, 0.05) is 10.5 Å². The van der Waals surface area contributed by atoms with E-state index in [-0.39, 0.29) is 16.7 Å². The standard InChI is InChI=1S/C13H7BrClF2N3/c14-6-1-2-11(9(17)3-6)20-12-5-8(16)7(15)4-10(12)19-13(20)18/h1-5H,(H2,18,19). The van der Waals surface area contributed by atoms with Gasteiger partial charge in [0.15, 0.2) is 0 Å². The molecule has 3 aromatic rings. The van der Waals surface area contributed by atoms with E-state index in [2.05, 4.69) is 20.9 Å². The first kappa shape index (κ1) is 13.3. The Kier molecular flexibility index (Phi) is 3.14. The number of fused-ring (bicyclic) bond motifs is 1. The van der Waals surface area contributed by atoms with Gasteiger partial charge in [-0.2, -0.15) is 0 Å². The summed E-state index contributed by atoms with van der Waals surface area (Å²) in [5, 5.41) is -0.0570. The van der Waals surface area contributed by atoms with Gasteiger partial charge in [-0.1, -0.05) is 27.5 Å². The van der Waals surface area contributed by atoms with E-state index in [9.17, 15) is 8.78 Å². The predicted molar refractivity (Wildman–Crippen MR) is 78.1 cm³/mol. The Balaban J connectivity index is 2.35. The fourth-order valence-electron chi connectivity index (χ4n) is 2.01. The molecule has 0 saturated heterocycles. The SMILES string of the molecule is Nc1nc2cc(Cl)c(F)cc2n1-c1ccc(Br)cc1F. The second-order valence-corrected chi connectivity index (χ2v) is 5.48. The van der Waals surface area contributed by atoms with E-state index in [0.29, 0.717) is 15.5 Å². The molecule has 1 heterocycles. The van der Waals surface area contributed by atoms with Crippen molar-refractivity contribution in [3.05, 3.63) is 51.5 Å². The smallest absolute Gasteiger partial charge is 0.206 e. The van der Waals surface area contributed by atoms with Crippen LogP contribution < -0.4 is 5.73 Å². The van der Waals surface area contributed by atoms with Crippen molar-refractivity contribution in [3.8, 4) is 5.69 Å². The molecule has 0 spiro atoms. The zero-order valence-corrected chi connectivity index (χ0v) is 12.2. The Hall–Kier alpha value is -1.66. The van der Waals surface area contributed by atoms with E-state index in [1.54, 1.807) is 6.07 Å². The Morgan fingerprint density at radius 3 is 2.60 bits per heavy atom. The minimum absolute atomic E-state index is 0.0570. The number of aromatic nitrogens is 2. The fourth-order valence-corrected chi connectivity index (χ4v) is 2.50. The summed E-state index contributed by atoms with van der Waals surface area (Å²) in [5.74, 6) is -1.05. The van der Waals surface area contributed by atoms with Gasteiger partial charge in [-0.15, -0.1) is 0 Å². The van der Waals surface area contributed by atoms with Gasteiger partial charge in [-0.3, -0.25) is 4.57 Å². The summed E-state index contributed by atoms with van der Waals surface area (Å²) in [7, 11) is 0. The normalized spacial score (nSPS) is 11.2. The van der Waals surface area contributed by atoms with Crippen LogP contribution in [0.5, 0.6) is 0 Å². The number of rotatable bonds is 1. The monoisotopic (exact) mass is 357 g/mol. The van der Waals surface area contributed by atoms with Crippen LogP contribution >= 0.6 is 27.5 Å². The Morgan fingerprint density at radius 2 is 1.90 bits per heavy atom. The lowest BCUT2D eigenvalue weighted by Crippen LogP contribution is -2.03. The van der Waals surface area contributed by atoms with E-state index in [4.69, 9.17) is 17.3 Å². The van der Waals surface area contributed by atoms with Crippen LogP contribution in [0.3, 0.4) is 0 Å². The molecular formula is C13H7BrClF2N3. The molecule has 0 aliphatic carbocycles. The van der Waals surface area contributed by atoms with E-state index >= 15 is 0 Å². The highest BCUT2D eigenvalue weighted by molar-refractivity contribution is 9.10. The maximum Gasteiger partial charge on any atom is 0.206 e. The summed E-state index contributed by atoms with van der Waals surface area (Å²) >= 11 is 8.88. The number of imidazole rings is 1. The second kappa shape index (κ2) is 4.71. The molecule has 3 rings (SSSR count). The van der Waals surface area contributed by atoms with Crippen LogP contribution in [0.15, 0.2) is 34.8 Å². The van der Waals surface area contributed by atoms with Crippen molar-refractivity contribution >= 4 is 44.5 Å². The van der Waals surface area contributed by atoms with Gasteiger partial charge < -0.3 is 5.73 Å². The van der Waals surface area contributed by atoms with Crippen molar-refractivity contribution in [2.45, 2.75) is 0 Å². The molecule has 0 fully saturated rings. The molecule has 0 radical (unpaired) electrons. The molecule has 0 aliphatic rings. The quantitative estimate of drug-likeness (QED) is 0.705. The number of hydrogen-bond donors (Lipinski definition) is 1. The number of nitrogen functional groups attached to an aromatic ring is 1. The maximum atomic E-state index is 14.0. The van der Waals surface area contributed by atoms with Crippen molar-refractivity contribution in [1.82, 2.24) is 9.55 Å². The Morgan fingerprint density at radius 1 is 1.15 bits per heavy atom. The largest absolute Gasteiger partial charge is 0.369 e. The third-order valence-electron chi connectivity index (χ3n) is 2.87. The van der Waals surface area contributed by atoms with Gasteiger partial charge in [0.05, 0.1) is 21.7 Å². The lowest BCUT2D eigenvalue weighted by atomic mass is 10.2. The number of anilines is 1. The van der Waals surface area contributed by atoms with E-state index in [1.165, 1.54) is 28.8 Å². The second-order valence-electron chi connectivity index (χ2n) is 4.16. The summed E-state index contributed by atoms with van der Waals surface area (Å²) in [4.78, 5) is 4.07. The molecule has 2 aromatic carbocycles. The molecule has 102 valence electrons. The zero-order chi connectivity index (χ0) is 14.4. The first-order chi connectivity index (χ1) is 9.47. The van der Waals surface area contributed by atoms with Gasteiger partial charge >= 0.3 is 0 Å². The summed E-state index contributed by atoms with van der Waals surface area (Å²) < 4.78 is 29.6. The minimum atomic E-state index is -0.613. The first-order valence-corrected chi connectivity index (χ1v) is 6.73. The summed E-state index contributed by atoms with van der Waals surface area (Å²) in [6.45, 7) is 0. The third-order valence-corrected chi connectivity index (χ3v) is 3.66. The van der Waals surface area contributed by atoms with Crippen LogP contribution in [-0.4, -0.2) is 9.55 Å². The molecule has 0 atom stereocenters. The van der Waals surface area contributed by atoms with Crippen molar-refractivity contribution in [3.63, 3.8) is 0 Å². The molecule has 1 aromatic heterocycles. The molecule has 0 bridgehead atoms. The molecule has 20 heavy (non-hydrogen) atoms. The first-order valence-electron chi connectivity index (χ1n) is 5.56. The van der Waals surface area contributed by atoms with Gasteiger partial charge in [-0.05, 0) is 24.3 Å². The van der Waals surface area contributed by atoms with Crippen LogP contribution in [0.25, 0.3) is 16.7 Å². The molecule has 0 amide bonds. The lowest BCUT2D eigenvalue weighted by molar-refractivity contribution is 0.618. The molecule has 7 heteroatoms. The lowest BCUT2D eigenvalue weighted by Gasteiger charge is -2.08. The molecule has 3 nitrogen and oxygen atoms in total. The topological polar surface area (TPSA) is 43.8 Å². The highest BCUT2D eigenvalue weighted by atomic mass is 79.9. The average Bonchev–Trinajstić information content (AvgIpc) is 2.66. The molecular weight excluding hydrogens is 352 g/mol. The third kappa shape index (κ3) is 2.05. The molecule has 0 aliphatic heterocycles. The maximum absolute atomic E-state index is 14.0. The van der Waals surface area contributed by atoms with Gasteiger partial charge in [0.2, 0.25) is 5.95 Å². The highest BCUT2D eigenvalue weighted by Gasteiger charge is 2.15.